The number of amides is 4. The first-order valence-corrected chi connectivity index (χ1v) is 24.9. The number of sulfonamides is 1. The zero-order valence-electron chi connectivity index (χ0n) is 41.8. The topological polar surface area (TPSA) is 182 Å². The van der Waals surface area contributed by atoms with Gasteiger partial charge in [-0.2, -0.15) is 0 Å². The van der Waals surface area contributed by atoms with E-state index in [2.05, 4.69) is 21.9 Å². The van der Waals surface area contributed by atoms with Crippen LogP contribution in [0.5, 0.6) is 11.5 Å². The number of ether oxygens (including phenoxy) is 3. The second kappa shape index (κ2) is 19.6. The van der Waals surface area contributed by atoms with E-state index in [1.807, 2.05) is 96.1 Å². The summed E-state index contributed by atoms with van der Waals surface area (Å²) >= 11 is 0. The third kappa shape index (κ3) is 11.1. The number of likely N-dealkylation sites (tertiary alicyclic amines) is 1. The van der Waals surface area contributed by atoms with Gasteiger partial charge in [0, 0.05) is 35.4 Å². The molecular formula is C53H69N5O9S. The fourth-order valence-electron chi connectivity index (χ4n) is 8.75. The van der Waals surface area contributed by atoms with Crippen LogP contribution in [0.3, 0.4) is 0 Å². The van der Waals surface area contributed by atoms with Gasteiger partial charge < -0.3 is 29.7 Å². The number of nitrogens with one attached hydrogen (secondary N) is 3. The van der Waals surface area contributed by atoms with Crippen molar-refractivity contribution in [3.63, 3.8) is 0 Å². The maximum Gasteiger partial charge on any atom is 0.408 e. The molecule has 2 aliphatic rings. The van der Waals surface area contributed by atoms with Crippen molar-refractivity contribution in [1.82, 2.24) is 25.2 Å². The summed E-state index contributed by atoms with van der Waals surface area (Å²) in [4.78, 5) is 64.1. The van der Waals surface area contributed by atoms with Crippen LogP contribution in [-0.2, 0) is 29.1 Å². The highest BCUT2D eigenvalue weighted by molar-refractivity contribution is 7.90. The van der Waals surface area contributed by atoms with Gasteiger partial charge in [-0.25, -0.2) is 22.9 Å². The molecule has 5 atom stereocenters. The van der Waals surface area contributed by atoms with Crippen LogP contribution in [0.2, 0.25) is 0 Å². The lowest BCUT2D eigenvalue weighted by Crippen LogP contribution is -2.60. The SMILES string of the molecule is C=CC1C[C@]1(NC(=O)[C@@H]1C[C@@H](Oc2cc(-c3ccccc3)nc3cc(OC)ccc23)CN1C(=O)C(NC(=O)OC(C)(C)C)C(C)(C)C)C(=O)NS(=O)(=O)c1c(C(C)C)cc(C(C)C)cc1C(C)C. The first-order valence-electron chi connectivity index (χ1n) is 23.4. The number of rotatable bonds is 15. The minimum atomic E-state index is -4.48. The number of fused-ring (bicyclic) bond motifs is 1. The number of aromatic nitrogens is 1. The van der Waals surface area contributed by atoms with Crippen molar-refractivity contribution in [3.05, 3.63) is 96.1 Å². The lowest BCUT2D eigenvalue weighted by molar-refractivity contribution is -0.143. The molecule has 2 fully saturated rings. The maximum atomic E-state index is 15.0. The van der Waals surface area contributed by atoms with Crippen LogP contribution < -0.4 is 24.8 Å². The van der Waals surface area contributed by atoms with Crippen LogP contribution in [-0.4, -0.2) is 85.1 Å². The Balaban J connectivity index is 1.38. The number of carbonyl (C=O) groups excluding carboxylic acids is 4. The Labute approximate surface area is 402 Å². The van der Waals surface area contributed by atoms with Gasteiger partial charge in [-0.1, -0.05) is 111 Å². The van der Waals surface area contributed by atoms with E-state index in [1.165, 1.54) is 11.0 Å². The molecular weight excluding hydrogens is 883 g/mol. The molecule has 6 rings (SSSR count). The summed E-state index contributed by atoms with van der Waals surface area (Å²) in [5, 5.41) is 6.32. The third-order valence-corrected chi connectivity index (χ3v) is 14.1. The summed E-state index contributed by atoms with van der Waals surface area (Å²) in [6, 6.07) is 18.2. The Bertz CT molecular complexity index is 2660. The summed E-state index contributed by atoms with van der Waals surface area (Å²) in [6.07, 6.45) is -0.0150. The molecule has 2 heterocycles. The molecule has 15 heteroatoms. The molecule has 1 aliphatic heterocycles. The van der Waals surface area contributed by atoms with Crippen LogP contribution in [0.1, 0.15) is 130 Å². The van der Waals surface area contributed by atoms with E-state index in [-0.39, 0.29) is 42.0 Å². The molecule has 0 spiro atoms. The van der Waals surface area contributed by atoms with Crippen molar-refractivity contribution >= 4 is 44.7 Å². The first-order chi connectivity index (χ1) is 31.7. The van der Waals surface area contributed by atoms with E-state index in [9.17, 15) is 27.6 Å². The molecule has 1 aromatic heterocycles. The second-order valence-electron chi connectivity index (χ2n) is 21.1. The van der Waals surface area contributed by atoms with Gasteiger partial charge >= 0.3 is 6.09 Å². The normalized spacial score (nSPS) is 20.0. The molecule has 14 nitrogen and oxygen atoms in total. The summed E-state index contributed by atoms with van der Waals surface area (Å²) < 4.78 is 49.3. The highest BCUT2D eigenvalue weighted by Gasteiger charge is 2.62. The smallest absolute Gasteiger partial charge is 0.408 e. The van der Waals surface area contributed by atoms with Crippen molar-refractivity contribution in [2.24, 2.45) is 11.3 Å². The summed E-state index contributed by atoms with van der Waals surface area (Å²) in [5.41, 5.74) is 0.799. The number of hydrogen-bond acceptors (Lipinski definition) is 10. The number of pyridine rings is 1. The summed E-state index contributed by atoms with van der Waals surface area (Å²) in [5.74, 6) is -2.02. The molecule has 3 aromatic carbocycles. The van der Waals surface area contributed by atoms with Crippen LogP contribution in [0.15, 0.2) is 84.3 Å². The first kappa shape index (κ1) is 51.4. The Kier molecular flexibility index (Phi) is 14.8. The lowest BCUT2D eigenvalue weighted by atomic mass is 9.85. The average molecular weight is 952 g/mol. The fraction of sp³-hybridized carbons (Fsp3) is 0.491. The fourth-order valence-corrected chi connectivity index (χ4v) is 10.5. The van der Waals surface area contributed by atoms with Gasteiger partial charge in [0.1, 0.15) is 40.8 Å². The predicted molar refractivity (Wildman–Crippen MR) is 264 cm³/mol. The molecule has 1 saturated heterocycles. The molecule has 366 valence electrons. The van der Waals surface area contributed by atoms with Crippen molar-refractivity contribution in [3.8, 4) is 22.8 Å². The third-order valence-electron chi connectivity index (χ3n) is 12.6. The molecule has 1 saturated carbocycles. The van der Waals surface area contributed by atoms with Gasteiger partial charge in [-0.05, 0) is 79.2 Å². The largest absolute Gasteiger partial charge is 0.497 e. The van der Waals surface area contributed by atoms with Gasteiger partial charge in [-0.3, -0.25) is 14.4 Å². The van der Waals surface area contributed by atoms with Gasteiger partial charge in [0.15, 0.2) is 0 Å². The molecule has 2 unspecified atom stereocenters. The minimum absolute atomic E-state index is 0.0199. The lowest BCUT2D eigenvalue weighted by Gasteiger charge is -2.36. The van der Waals surface area contributed by atoms with Crippen molar-refractivity contribution in [2.75, 3.05) is 13.7 Å². The van der Waals surface area contributed by atoms with E-state index >= 15 is 0 Å². The molecule has 68 heavy (non-hydrogen) atoms. The number of hydrogen-bond donors (Lipinski definition) is 3. The number of nitrogens with zero attached hydrogens (tertiary/aromatic N) is 2. The van der Waals surface area contributed by atoms with Crippen molar-refractivity contribution in [2.45, 2.75) is 148 Å². The zero-order valence-corrected chi connectivity index (χ0v) is 42.6. The van der Waals surface area contributed by atoms with Crippen molar-refractivity contribution in [1.29, 1.82) is 0 Å². The standard InChI is InChI=1S/C53H69N5O9S/c1-15-35-28-53(35,49(61)57-68(63,64)45-39(31(4)5)23-34(30(2)3)24-40(45)32(6)7)56-47(59)43-26-37(29-58(43)48(60)46(51(8,9)10)55-50(62)67-52(11,12)13)66-44-27-41(33-19-17-16-18-20-33)54-42-25-36(65-14)21-22-38(42)44/h15-25,27,30-32,35,37,43,46H,1,26,28-29H2,2-14H3,(H,55,62)(H,56,59)(H,57,61)/t35?,37-,43+,46?,53-/m1/s1. The van der Waals surface area contributed by atoms with Gasteiger partial charge in [0.25, 0.3) is 15.9 Å². The van der Waals surface area contributed by atoms with E-state index < -0.39 is 74.5 Å². The van der Waals surface area contributed by atoms with E-state index in [0.717, 1.165) is 11.1 Å². The number of carbonyl (C=O) groups is 4. The summed E-state index contributed by atoms with van der Waals surface area (Å²) in [6.45, 7) is 26.1. The molecule has 4 amide bonds. The van der Waals surface area contributed by atoms with Crippen LogP contribution in [0, 0.1) is 11.3 Å². The molecule has 0 bridgehead atoms. The Hall–Kier alpha value is -5.96. The summed E-state index contributed by atoms with van der Waals surface area (Å²) in [7, 11) is -2.91. The van der Waals surface area contributed by atoms with E-state index in [1.54, 1.807) is 60.8 Å². The molecule has 4 aromatic rings. The van der Waals surface area contributed by atoms with Gasteiger partial charge in [0.2, 0.25) is 11.8 Å². The molecule has 1 aliphatic carbocycles. The highest BCUT2D eigenvalue weighted by atomic mass is 32.2. The minimum Gasteiger partial charge on any atom is -0.497 e. The van der Waals surface area contributed by atoms with Crippen molar-refractivity contribution < 1.29 is 41.8 Å². The Morgan fingerprint density at radius 2 is 1.51 bits per heavy atom. The van der Waals surface area contributed by atoms with Crippen LogP contribution >= 0.6 is 0 Å². The zero-order chi connectivity index (χ0) is 50.3. The van der Waals surface area contributed by atoms with Crippen LogP contribution in [0.4, 0.5) is 4.79 Å². The Morgan fingerprint density at radius 1 is 0.882 bits per heavy atom. The Morgan fingerprint density at radius 3 is 2.04 bits per heavy atom. The van der Waals surface area contributed by atoms with E-state index in [4.69, 9.17) is 19.2 Å². The highest BCUT2D eigenvalue weighted by Crippen LogP contribution is 2.46. The quantitative estimate of drug-likeness (QED) is 0.0972. The molecule has 3 N–H and O–H groups in total. The van der Waals surface area contributed by atoms with Gasteiger partial charge in [0.05, 0.1) is 29.8 Å². The maximum absolute atomic E-state index is 15.0. The number of benzene rings is 3. The van der Waals surface area contributed by atoms with Gasteiger partial charge in [-0.15, -0.1) is 6.58 Å². The predicted octanol–water partition coefficient (Wildman–Crippen LogP) is 9.13. The second-order valence-corrected chi connectivity index (χ2v) is 22.7. The number of methoxy groups -OCH3 is 1. The average Bonchev–Trinajstić information content (AvgIpc) is 3.82. The van der Waals surface area contributed by atoms with Crippen LogP contribution in [0.25, 0.3) is 22.2 Å². The number of alkyl carbamates (subject to hydrolysis) is 1. The monoisotopic (exact) mass is 951 g/mol. The molecule has 0 radical (unpaired) electrons. The van der Waals surface area contributed by atoms with E-state index in [0.29, 0.717) is 39.2 Å².